The summed E-state index contributed by atoms with van der Waals surface area (Å²) in [5, 5.41) is 12.7. The van der Waals surface area contributed by atoms with Gasteiger partial charge in [0.15, 0.2) is 0 Å². The summed E-state index contributed by atoms with van der Waals surface area (Å²) >= 11 is 6.04. The Morgan fingerprint density at radius 1 is 1.09 bits per heavy atom. The van der Waals surface area contributed by atoms with Crippen molar-refractivity contribution in [3.63, 3.8) is 0 Å². The summed E-state index contributed by atoms with van der Waals surface area (Å²) in [5.74, 6) is -1.51. The topological polar surface area (TPSA) is 86.7 Å². The van der Waals surface area contributed by atoms with Crippen LogP contribution in [0, 0.1) is 11.3 Å². The van der Waals surface area contributed by atoms with E-state index in [1.807, 2.05) is 30.9 Å². The van der Waals surface area contributed by atoms with Crippen LogP contribution in [0.3, 0.4) is 0 Å². The van der Waals surface area contributed by atoms with Gasteiger partial charge in [0.2, 0.25) is 5.91 Å². The van der Waals surface area contributed by atoms with Crippen molar-refractivity contribution >= 4 is 29.4 Å². The van der Waals surface area contributed by atoms with E-state index in [9.17, 15) is 19.5 Å². The van der Waals surface area contributed by atoms with Gasteiger partial charge in [-0.15, -0.1) is 0 Å². The molecule has 2 N–H and O–H groups in total. The number of halogens is 1. The van der Waals surface area contributed by atoms with Crippen LogP contribution in [0.5, 0.6) is 0 Å². The molecule has 2 aromatic rings. The second-order valence-corrected chi connectivity index (χ2v) is 10.2. The highest BCUT2D eigenvalue weighted by atomic mass is 35.5. The van der Waals surface area contributed by atoms with Crippen molar-refractivity contribution in [3.8, 4) is 0 Å². The molecule has 1 heterocycles. The molecule has 0 radical (unpaired) electrons. The zero-order valence-corrected chi connectivity index (χ0v) is 20.2. The zero-order chi connectivity index (χ0) is 24.3. The summed E-state index contributed by atoms with van der Waals surface area (Å²) in [7, 11) is 0. The van der Waals surface area contributed by atoms with Gasteiger partial charge >= 0.3 is 5.97 Å². The van der Waals surface area contributed by atoms with Gasteiger partial charge in [-0.05, 0) is 59.6 Å². The molecule has 2 unspecified atom stereocenters. The van der Waals surface area contributed by atoms with Gasteiger partial charge in [-0.25, -0.2) is 4.79 Å². The summed E-state index contributed by atoms with van der Waals surface area (Å²) in [6.45, 7) is 9.28. The number of piperidine rings is 1. The summed E-state index contributed by atoms with van der Waals surface area (Å²) < 4.78 is 0. The van der Waals surface area contributed by atoms with Gasteiger partial charge in [0.25, 0.3) is 5.91 Å². The molecule has 1 aliphatic heterocycles. The fraction of sp³-hybridized carbons (Fsp3) is 0.423. The first-order valence-corrected chi connectivity index (χ1v) is 11.6. The first-order valence-electron chi connectivity index (χ1n) is 11.2. The van der Waals surface area contributed by atoms with E-state index in [0.29, 0.717) is 24.0 Å². The molecular formula is C26H31ClN2O4. The number of benzene rings is 2. The SMILES string of the molecule is CC(C)C(NC(=O)c1cccc(C(=O)O)c1)C(=O)N1CCC(c2ccc(Cl)cc2)C(C)(C)C1. The highest BCUT2D eigenvalue weighted by molar-refractivity contribution is 6.30. The van der Waals surface area contributed by atoms with Crippen LogP contribution in [0.15, 0.2) is 48.5 Å². The maximum atomic E-state index is 13.5. The smallest absolute Gasteiger partial charge is 0.335 e. The summed E-state index contributed by atoms with van der Waals surface area (Å²) in [6.07, 6.45) is 0.819. The van der Waals surface area contributed by atoms with Crippen molar-refractivity contribution in [3.05, 3.63) is 70.2 Å². The molecule has 0 saturated carbocycles. The Morgan fingerprint density at radius 3 is 2.30 bits per heavy atom. The second-order valence-electron chi connectivity index (χ2n) is 9.72. The van der Waals surface area contributed by atoms with Crippen molar-refractivity contribution in [2.24, 2.45) is 11.3 Å². The Hall–Kier alpha value is -2.86. The summed E-state index contributed by atoms with van der Waals surface area (Å²) in [6, 6.07) is 13.0. The van der Waals surface area contributed by atoms with Gasteiger partial charge in [0.05, 0.1) is 5.56 Å². The number of likely N-dealkylation sites (tertiary alicyclic amines) is 1. The van der Waals surface area contributed by atoms with E-state index in [0.717, 1.165) is 6.42 Å². The number of rotatable bonds is 6. The third-order valence-corrected chi connectivity index (χ3v) is 6.66. The van der Waals surface area contributed by atoms with Crippen LogP contribution in [-0.4, -0.2) is 46.9 Å². The van der Waals surface area contributed by atoms with Crippen LogP contribution in [0.25, 0.3) is 0 Å². The number of hydrogen-bond acceptors (Lipinski definition) is 3. The Bertz CT molecular complexity index is 1030. The number of carboxylic acid groups (broad SMARTS) is 1. The number of hydrogen-bond donors (Lipinski definition) is 2. The maximum absolute atomic E-state index is 13.5. The van der Waals surface area contributed by atoms with E-state index >= 15 is 0 Å². The van der Waals surface area contributed by atoms with E-state index in [-0.39, 0.29) is 28.4 Å². The molecule has 0 bridgehead atoms. The number of carbonyl (C=O) groups is 3. The van der Waals surface area contributed by atoms with Gasteiger partial charge < -0.3 is 15.3 Å². The average Bonchev–Trinajstić information content (AvgIpc) is 2.76. The van der Waals surface area contributed by atoms with Crippen LogP contribution in [-0.2, 0) is 4.79 Å². The summed E-state index contributed by atoms with van der Waals surface area (Å²) in [5.41, 5.74) is 1.31. The highest BCUT2D eigenvalue weighted by Crippen LogP contribution is 2.42. The molecule has 0 spiro atoms. The molecule has 7 heteroatoms. The second kappa shape index (κ2) is 9.96. The van der Waals surface area contributed by atoms with Crippen LogP contribution < -0.4 is 5.32 Å². The Morgan fingerprint density at radius 2 is 1.73 bits per heavy atom. The lowest BCUT2D eigenvalue weighted by atomic mass is 9.70. The quantitative estimate of drug-likeness (QED) is 0.632. The minimum Gasteiger partial charge on any atom is -0.478 e. The van der Waals surface area contributed by atoms with Crippen molar-refractivity contribution in [2.75, 3.05) is 13.1 Å². The number of aromatic carboxylic acids is 1. The third kappa shape index (κ3) is 5.74. The molecule has 0 aliphatic carbocycles. The van der Waals surface area contributed by atoms with E-state index < -0.39 is 17.9 Å². The highest BCUT2D eigenvalue weighted by Gasteiger charge is 2.40. The normalized spacial score (nSPS) is 18.6. The van der Waals surface area contributed by atoms with Crippen LogP contribution in [0.1, 0.15) is 66.3 Å². The van der Waals surface area contributed by atoms with E-state index in [4.69, 9.17) is 11.6 Å². The Balaban J connectivity index is 1.73. The number of carboxylic acids is 1. The van der Waals surface area contributed by atoms with Gasteiger partial charge in [-0.2, -0.15) is 0 Å². The lowest BCUT2D eigenvalue weighted by Crippen LogP contribution is -2.55. The standard InChI is InChI=1S/C26H31ClN2O4/c1-16(2)22(28-23(30)18-6-5-7-19(14-18)25(32)33)24(31)29-13-12-21(26(3,4)15-29)17-8-10-20(27)11-9-17/h5-11,14,16,21-22H,12-13,15H2,1-4H3,(H,28,30)(H,32,33). The van der Waals surface area contributed by atoms with E-state index in [1.165, 1.54) is 23.8 Å². The van der Waals surface area contributed by atoms with Crippen LogP contribution in [0.2, 0.25) is 5.02 Å². The van der Waals surface area contributed by atoms with Crippen LogP contribution >= 0.6 is 11.6 Å². The molecule has 2 amide bonds. The lowest BCUT2D eigenvalue weighted by molar-refractivity contribution is -0.137. The van der Waals surface area contributed by atoms with Gasteiger partial charge in [-0.3, -0.25) is 9.59 Å². The van der Waals surface area contributed by atoms with Crippen molar-refractivity contribution in [2.45, 2.75) is 46.1 Å². The molecule has 2 aromatic carbocycles. The number of nitrogens with one attached hydrogen (secondary N) is 1. The summed E-state index contributed by atoms with van der Waals surface area (Å²) in [4.78, 5) is 39.4. The van der Waals surface area contributed by atoms with Crippen molar-refractivity contribution < 1.29 is 19.5 Å². The van der Waals surface area contributed by atoms with Gasteiger partial charge in [0, 0.05) is 23.7 Å². The fourth-order valence-corrected chi connectivity index (χ4v) is 4.71. The lowest BCUT2D eigenvalue weighted by Gasteiger charge is -2.45. The molecule has 2 atom stereocenters. The van der Waals surface area contributed by atoms with Crippen LogP contribution in [0.4, 0.5) is 0 Å². The van der Waals surface area contributed by atoms with Crippen molar-refractivity contribution in [1.82, 2.24) is 10.2 Å². The third-order valence-electron chi connectivity index (χ3n) is 6.40. The number of carbonyl (C=O) groups excluding carboxylic acids is 2. The average molecular weight is 471 g/mol. The predicted molar refractivity (Wildman–Crippen MR) is 129 cm³/mol. The monoisotopic (exact) mass is 470 g/mol. The minimum absolute atomic E-state index is 0.0288. The first-order chi connectivity index (χ1) is 15.5. The first kappa shape index (κ1) is 24.8. The predicted octanol–water partition coefficient (Wildman–Crippen LogP) is 4.83. The molecule has 1 fully saturated rings. The van der Waals surface area contributed by atoms with Gasteiger partial charge in [-0.1, -0.05) is 57.5 Å². The van der Waals surface area contributed by atoms with Gasteiger partial charge in [0.1, 0.15) is 6.04 Å². The zero-order valence-electron chi connectivity index (χ0n) is 19.5. The molecular weight excluding hydrogens is 440 g/mol. The van der Waals surface area contributed by atoms with Crippen molar-refractivity contribution in [1.29, 1.82) is 0 Å². The molecule has 1 aliphatic rings. The largest absolute Gasteiger partial charge is 0.478 e. The number of amides is 2. The van der Waals surface area contributed by atoms with E-state index in [1.54, 1.807) is 6.07 Å². The van der Waals surface area contributed by atoms with E-state index in [2.05, 4.69) is 31.3 Å². The minimum atomic E-state index is -1.10. The molecule has 6 nitrogen and oxygen atoms in total. The fourth-order valence-electron chi connectivity index (χ4n) is 4.59. The Kier molecular flexibility index (Phi) is 7.48. The molecule has 0 aromatic heterocycles. The molecule has 1 saturated heterocycles. The molecule has 33 heavy (non-hydrogen) atoms. The maximum Gasteiger partial charge on any atom is 0.335 e. The molecule has 176 valence electrons. The molecule has 3 rings (SSSR count). The number of nitrogens with zero attached hydrogens (tertiary/aromatic N) is 1. The Labute approximate surface area is 199 Å².